The zero-order valence-electron chi connectivity index (χ0n) is 23.8. The van der Waals surface area contributed by atoms with Crippen LogP contribution in [0.5, 0.6) is 0 Å². The second kappa shape index (κ2) is 10.8. The molecule has 2 heteroatoms. The molecule has 4 saturated carbocycles. The highest BCUT2D eigenvalue weighted by molar-refractivity contribution is 14.1. The van der Waals surface area contributed by atoms with E-state index in [0.29, 0.717) is 22.7 Å². The summed E-state index contributed by atoms with van der Waals surface area (Å²) < 4.78 is 1.31. The van der Waals surface area contributed by atoms with E-state index in [2.05, 4.69) is 81.5 Å². The van der Waals surface area contributed by atoms with Crippen molar-refractivity contribution in [2.75, 3.05) is 0 Å². The first-order valence-corrected chi connectivity index (χ1v) is 16.6. The van der Waals surface area contributed by atoms with Crippen LogP contribution in [0.4, 0.5) is 0 Å². The molecule has 0 aromatic heterocycles. The van der Waals surface area contributed by atoms with Gasteiger partial charge in [-0.1, -0.05) is 66.0 Å². The maximum atomic E-state index is 11.2. The van der Waals surface area contributed by atoms with Crippen molar-refractivity contribution in [3.63, 3.8) is 0 Å². The van der Waals surface area contributed by atoms with Gasteiger partial charge < -0.3 is 5.11 Å². The summed E-state index contributed by atoms with van der Waals surface area (Å²) in [4.78, 5) is 0. The fraction of sp³-hybridized carbons (Fsp3) is 0.824. The first-order valence-electron chi connectivity index (χ1n) is 15.6. The second-order valence-electron chi connectivity index (χ2n) is 14.7. The average Bonchev–Trinajstić information content (AvgIpc) is 3.19. The minimum absolute atomic E-state index is 0.115. The first kappa shape index (κ1) is 27.5. The quantitative estimate of drug-likeness (QED) is 0.308. The van der Waals surface area contributed by atoms with Crippen molar-refractivity contribution >= 4 is 22.6 Å². The molecule has 3 unspecified atom stereocenters. The van der Waals surface area contributed by atoms with Crippen LogP contribution in [0.2, 0.25) is 0 Å². The fourth-order valence-electron chi connectivity index (χ4n) is 10.7. The van der Waals surface area contributed by atoms with E-state index in [1.165, 1.54) is 73.3 Å². The summed E-state index contributed by atoms with van der Waals surface area (Å²) in [5.74, 6) is 6.59. The first-order chi connectivity index (χ1) is 17.1. The van der Waals surface area contributed by atoms with E-state index in [9.17, 15) is 5.11 Å². The van der Waals surface area contributed by atoms with Gasteiger partial charge in [0.05, 0.1) is 6.10 Å². The summed E-state index contributed by atoms with van der Waals surface area (Å²) in [6, 6.07) is 9.09. The van der Waals surface area contributed by atoms with Crippen molar-refractivity contribution in [3.8, 4) is 0 Å². The molecule has 4 aliphatic rings. The third-order valence-electron chi connectivity index (χ3n) is 12.5. The fourth-order valence-corrected chi connectivity index (χ4v) is 11.1. The van der Waals surface area contributed by atoms with E-state index in [0.717, 1.165) is 48.3 Å². The van der Waals surface area contributed by atoms with Crippen molar-refractivity contribution in [2.45, 2.75) is 118 Å². The Balaban J connectivity index is 1.31. The lowest BCUT2D eigenvalue weighted by Crippen LogP contribution is -2.57. The molecule has 1 nitrogen and oxygen atoms in total. The molecule has 1 aromatic carbocycles. The molecule has 36 heavy (non-hydrogen) atoms. The Bertz CT molecular complexity index is 878. The molecule has 0 heterocycles. The molecule has 4 aliphatic carbocycles. The molecule has 0 amide bonds. The number of aliphatic hydroxyl groups excluding tert-OH is 1. The van der Waals surface area contributed by atoms with Gasteiger partial charge >= 0.3 is 0 Å². The molecular weight excluding hydrogens is 551 g/mol. The van der Waals surface area contributed by atoms with E-state index in [4.69, 9.17) is 0 Å². The highest BCUT2D eigenvalue weighted by Crippen LogP contribution is 2.69. The van der Waals surface area contributed by atoms with E-state index < -0.39 is 0 Å². The number of halogens is 1. The Labute approximate surface area is 236 Å². The molecule has 0 saturated heterocycles. The molecule has 0 bridgehead atoms. The molecule has 4 fully saturated rings. The number of rotatable bonds is 7. The van der Waals surface area contributed by atoms with Crippen LogP contribution >= 0.6 is 22.6 Å². The molecule has 10 atom stereocenters. The van der Waals surface area contributed by atoms with Crippen LogP contribution in [0.1, 0.15) is 111 Å². The SMILES string of the molecule is CC(C)CCC[C@@H](C)[C@H]1CC[C@H]2[C@@H]3CCC4C(Cc5ccc(I)cc5)C(O)CC[C@]4(C)[C@H]3CC[C@]12C. The van der Waals surface area contributed by atoms with Gasteiger partial charge in [0, 0.05) is 3.57 Å². The van der Waals surface area contributed by atoms with Crippen molar-refractivity contribution in [1.82, 2.24) is 0 Å². The number of benzene rings is 1. The summed E-state index contributed by atoms with van der Waals surface area (Å²) in [6.07, 6.45) is 16.2. The van der Waals surface area contributed by atoms with Gasteiger partial charge in [-0.2, -0.15) is 0 Å². The average molecular weight is 605 g/mol. The summed E-state index contributed by atoms with van der Waals surface area (Å²) in [6.45, 7) is 12.8. The molecule has 0 radical (unpaired) electrons. The van der Waals surface area contributed by atoms with Gasteiger partial charge in [-0.3, -0.25) is 0 Å². The summed E-state index contributed by atoms with van der Waals surface area (Å²) in [5, 5.41) is 11.2. The van der Waals surface area contributed by atoms with Gasteiger partial charge in [0.1, 0.15) is 0 Å². The predicted octanol–water partition coefficient (Wildman–Crippen LogP) is 9.54. The molecule has 0 spiro atoms. The Morgan fingerprint density at radius 3 is 2.22 bits per heavy atom. The molecule has 0 aliphatic heterocycles. The normalized spacial score (nSPS) is 43.1. The topological polar surface area (TPSA) is 20.2 Å². The highest BCUT2D eigenvalue weighted by atomic mass is 127. The number of fused-ring (bicyclic) bond motifs is 5. The summed E-state index contributed by atoms with van der Waals surface area (Å²) in [5.41, 5.74) is 2.43. The predicted molar refractivity (Wildman–Crippen MR) is 161 cm³/mol. The minimum atomic E-state index is -0.115. The van der Waals surface area contributed by atoms with Gasteiger partial charge in [0.15, 0.2) is 0 Å². The highest BCUT2D eigenvalue weighted by Gasteiger charge is 2.61. The lowest BCUT2D eigenvalue weighted by molar-refractivity contribution is -0.152. The number of hydrogen-bond donors (Lipinski definition) is 1. The lowest BCUT2D eigenvalue weighted by atomic mass is 9.42. The maximum Gasteiger partial charge on any atom is 0.0574 e. The Kier molecular flexibility index (Phi) is 8.26. The third-order valence-corrected chi connectivity index (χ3v) is 13.2. The Hall–Kier alpha value is -0.0900. The monoisotopic (exact) mass is 604 g/mol. The third kappa shape index (κ3) is 4.98. The van der Waals surface area contributed by atoms with Crippen LogP contribution < -0.4 is 0 Å². The van der Waals surface area contributed by atoms with E-state index >= 15 is 0 Å². The Morgan fingerprint density at radius 2 is 1.50 bits per heavy atom. The van der Waals surface area contributed by atoms with Crippen molar-refractivity contribution in [1.29, 1.82) is 0 Å². The van der Waals surface area contributed by atoms with Crippen molar-refractivity contribution in [2.24, 2.45) is 58.2 Å². The maximum absolute atomic E-state index is 11.2. The minimum Gasteiger partial charge on any atom is -0.393 e. The smallest absolute Gasteiger partial charge is 0.0574 e. The molecule has 1 N–H and O–H groups in total. The van der Waals surface area contributed by atoms with Gasteiger partial charge in [-0.05, 0) is 156 Å². The molecule has 202 valence electrons. The van der Waals surface area contributed by atoms with Gasteiger partial charge in [-0.15, -0.1) is 0 Å². The molecule has 5 rings (SSSR count). The van der Waals surface area contributed by atoms with E-state index in [1.807, 2.05) is 0 Å². The second-order valence-corrected chi connectivity index (χ2v) is 15.9. The van der Waals surface area contributed by atoms with Crippen LogP contribution in [0.15, 0.2) is 24.3 Å². The summed E-state index contributed by atoms with van der Waals surface area (Å²) in [7, 11) is 0. The summed E-state index contributed by atoms with van der Waals surface area (Å²) >= 11 is 2.40. The van der Waals surface area contributed by atoms with E-state index in [1.54, 1.807) is 0 Å². The van der Waals surface area contributed by atoms with Crippen LogP contribution in [-0.4, -0.2) is 11.2 Å². The zero-order chi connectivity index (χ0) is 25.7. The standard InChI is InChI=1S/C34H53IO/c1-22(2)7-6-8-23(3)28-15-16-29-26-13-14-30-27(21-24-9-11-25(35)12-10-24)32(36)18-20-34(30,5)31(26)17-19-33(28,29)4/h9-12,22-23,26-32,36H,6-8,13-21H2,1-5H3/t23-,26+,27?,28-,29+,30?,31+,32?,33-,34+/m1/s1. The van der Waals surface area contributed by atoms with Crippen LogP contribution in [0.3, 0.4) is 0 Å². The zero-order valence-corrected chi connectivity index (χ0v) is 26.0. The molecule has 1 aromatic rings. The van der Waals surface area contributed by atoms with E-state index in [-0.39, 0.29) is 6.10 Å². The lowest BCUT2D eigenvalue weighted by Gasteiger charge is -2.63. The van der Waals surface area contributed by atoms with Gasteiger partial charge in [-0.25, -0.2) is 0 Å². The largest absolute Gasteiger partial charge is 0.393 e. The number of aliphatic hydroxyl groups is 1. The van der Waals surface area contributed by atoms with Crippen LogP contribution in [-0.2, 0) is 6.42 Å². The van der Waals surface area contributed by atoms with Crippen LogP contribution in [0.25, 0.3) is 0 Å². The van der Waals surface area contributed by atoms with Gasteiger partial charge in [0.2, 0.25) is 0 Å². The number of hydrogen-bond acceptors (Lipinski definition) is 1. The van der Waals surface area contributed by atoms with Gasteiger partial charge in [0.25, 0.3) is 0 Å². The van der Waals surface area contributed by atoms with Crippen molar-refractivity contribution < 1.29 is 5.11 Å². The van der Waals surface area contributed by atoms with Crippen LogP contribution in [0, 0.1) is 61.7 Å². The van der Waals surface area contributed by atoms with Crippen molar-refractivity contribution in [3.05, 3.63) is 33.4 Å². The Morgan fingerprint density at radius 1 is 0.833 bits per heavy atom. The molecular formula is C34H53IO.